The molecule has 4 heterocycles. The van der Waals surface area contributed by atoms with Crippen molar-refractivity contribution in [1.82, 2.24) is 24.1 Å². The largest absolute Gasteiger partial charge is 0.493 e. The van der Waals surface area contributed by atoms with Crippen LogP contribution in [0.2, 0.25) is 0 Å². The number of aromatic nitrogens is 5. The Labute approximate surface area is 179 Å². The number of amides is 1. The number of fused-ring (bicyclic) bond motifs is 5. The van der Waals surface area contributed by atoms with Gasteiger partial charge in [0.1, 0.15) is 17.3 Å². The monoisotopic (exact) mass is 414 g/mol. The number of carbonyl (C=O) groups is 1. The zero-order chi connectivity index (χ0) is 21.2. The molecule has 0 atom stereocenters. The lowest BCUT2D eigenvalue weighted by Crippen LogP contribution is -2.16. The number of hydrogen-bond donors (Lipinski definition) is 1. The van der Waals surface area contributed by atoms with E-state index in [2.05, 4.69) is 24.8 Å². The number of benzene rings is 1. The second-order valence-corrected chi connectivity index (χ2v) is 7.46. The maximum atomic E-state index is 13.2. The molecule has 156 valence electrons. The molecule has 1 N–H and O–H groups in total. The van der Waals surface area contributed by atoms with Crippen molar-refractivity contribution in [3.8, 4) is 23.0 Å². The summed E-state index contributed by atoms with van der Waals surface area (Å²) in [7, 11) is 0. The van der Waals surface area contributed by atoms with Crippen molar-refractivity contribution in [2.75, 3.05) is 11.9 Å². The predicted octanol–water partition coefficient (Wildman–Crippen LogP) is 3.86. The molecule has 0 spiro atoms. The van der Waals surface area contributed by atoms with Gasteiger partial charge in [0.2, 0.25) is 0 Å². The van der Waals surface area contributed by atoms with Gasteiger partial charge in [0.15, 0.2) is 5.82 Å². The Bertz CT molecular complexity index is 1240. The molecule has 1 aliphatic heterocycles. The van der Waals surface area contributed by atoms with Gasteiger partial charge in [0.25, 0.3) is 5.91 Å². The molecule has 4 aromatic rings. The van der Waals surface area contributed by atoms with Gasteiger partial charge in [-0.3, -0.25) is 4.79 Å². The average molecular weight is 414 g/mol. The van der Waals surface area contributed by atoms with Crippen LogP contribution in [0, 0.1) is 6.92 Å². The lowest BCUT2D eigenvalue weighted by Gasteiger charge is -2.15. The number of pyridine rings is 1. The zero-order valence-electron chi connectivity index (χ0n) is 17.2. The van der Waals surface area contributed by atoms with Crippen molar-refractivity contribution in [2.45, 2.75) is 26.3 Å². The standard InChI is InChI=1S/C23H22N6O2/c1-16-14-29(15-25-16)17-7-8-20-18(13-17)23(30)27-21-6-4-5-19(26-21)22-24-9-11-28(22)10-2-3-12-31-20/h4-9,11,13-15H,2-3,10,12H2,1H3,(H,26,27,30). The number of nitrogens with zero attached hydrogens (tertiary/aromatic N) is 5. The minimum atomic E-state index is -0.279. The van der Waals surface area contributed by atoms with Crippen LogP contribution >= 0.6 is 0 Å². The van der Waals surface area contributed by atoms with Crippen molar-refractivity contribution >= 4 is 11.7 Å². The van der Waals surface area contributed by atoms with Gasteiger partial charge in [-0.1, -0.05) is 6.07 Å². The average Bonchev–Trinajstić information content (AvgIpc) is 3.42. The molecule has 0 radical (unpaired) electrons. The first-order chi connectivity index (χ1) is 15.2. The molecule has 0 fully saturated rings. The number of ether oxygens (including phenoxy) is 1. The molecule has 0 saturated carbocycles. The summed E-state index contributed by atoms with van der Waals surface area (Å²) in [6, 6.07) is 11.1. The number of aryl methyl sites for hydroxylation is 2. The van der Waals surface area contributed by atoms with Gasteiger partial charge < -0.3 is 19.2 Å². The highest BCUT2D eigenvalue weighted by atomic mass is 16.5. The predicted molar refractivity (Wildman–Crippen MR) is 116 cm³/mol. The van der Waals surface area contributed by atoms with Gasteiger partial charge in [-0.15, -0.1) is 0 Å². The maximum Gasteiger partial charge on any atom is 0.260 e. The second kappa shape index (κ2) is 8.06. The van der Waals surface area contributed by atoms with E-state index in [-0.39, 0.29) is 5.91 Å². The first-order valence-electron chi connectivity index (χ1n) is 10.2. The van der Waals surface area contributed by atoms with Crippen LogP contribution in [0.4, 0.5) is 5.82 Å². The first-order valence-corrected chi connectivity index (χ1v) is 10.2. The third-order valence-electron chi connectivity index (χ3n) is 5.20. The van der Waals surface area contributed by atoms with E-state index >= 15 is 0 Å². The van der Waals surface area contributed by atoms with E-state index in [0.717, 1.165) is 42.3 Å². The Morgan fingerprint density at radius 3 is 2.94 bits per heavy atom. The summed E-state index contributed by atoms with van der Waals surface area (Å²) in [5.41, 5.74) is 2.91. The molecule has 2 bridgehead atoms. The summed E-state index contributed by atoms with van der Waals surface area (Å²) in [4.78, 5) is 26.5. The molecule has 0 saturated heterocycles. The van der Waals surface area contributed by atoms with E-state index in [9.17, 15) is 4.79 Å². The van der Waals surface area contributed by atoms with Crippen LogP contribution < -0.4 is 10.1 Å². The fraction of sp³-hybridized carbons (Fsp3) is 0.217. The van der Waals surface area contributed by atoms with Gasteiger partial charge in [0, 0.05) is 30.8 Å². The summed E-state index contributed by atoms with van der Waals surface area (Å²) in [6.45, 7) is 3.27. The molecule has 1 amide bonds. The van der Waals surface area contributed by atoms with E-state index in [1.165, 1.54) is 0 Å². The number of hydrogen-bond acceptors (Lipinski definition) is 5. The summed E-state index contributed by atoms with van der Waals surface area (Å²) in [5, 5.41) is 2.91. The molecule has 8 heteroatoms. The Morgan fingerprint density at radius 1 is 1.13 bits per heavy atom. The van der Waals surface area contributed by atoms with E-state index in [1.54, 1.807) is 18.6 Å². The summed E-state index contributed by atoms with van der Waals surface area (Å²) < 4.78 is 9.95. The summed E-state index contributed by atoms with van der Waals surface area (Å²) >= 11 is 0. The van der Waals surface area contributed by atoms with Crippen molar-refractivity contribution in [1.29, 1.82) is 0 Å². The van der Waals surface area contributed by atoms with E-state index < -0.39 is 0 Å². The van der Waals surface area contributed by atoms with Gasteiger partial charge in [0.05, 0.1) is 24.2 Å². The van der Waals surface area contributed by atoms with Crippen molar-refractivity contribution < 1.29 is 9.53 Å². The topological polar surface area (TPSA) is 86.9 Å². The maximum absolute atomic E-state index is 13.2. The molecule has 1 aliphatic rings. The number of anilines is 1. The second-order valence-electron chi connectivity index (χ2n) is 7.46. The molecule has 0 aliphatic carbocycles. The lowest BCUT2D eigenvalue weighted by atomic mass is 10.1. The Morgan fingerprint density at radius 2 is 2.06 bits per heavy atom. The highest BCUT2D eigenvalue weighted by molar-refractivity contribution is 6.06. The minimum absolute atomic E-state index is 0.279. The Balaban J connectivity index is 1.54. The fourth-order valence-electron chi connectivity index (χ4n) is 3.65. The molecular weight excluding hydrogens is 392 g/mol. The lowest BCUT2D eigenvalue weighted by molar-refractivity contribution is 0.102. The number of nitrogens with one attached hydrogen (secondary N) is 1. The van der Waals surface area contributed by atoms with Crippen LogP contribution in [-0.4, -0.2) is 36.6 Å². The molecule has 3 aromatic heterocycles. The molecular formula is C23H22N6O2. The molecule has 31 heavy (non-hydrogen) atoms. The molecule has 8 nitrogen and oxygen atoms in total. The molecule has 0 unspecified atom stereocenters. The fourth-order valence-corrected chi connectivity index (χ4v) is 3.65. The van der Waals surface area contributed by atoms with Gasteiger partial charge in [-0.25, -0.2) is 15.0 Å². The number of imidazole rings is 2. The Hall–Kier alpha value is -3.94. The molecule has 1 aromatic carbocycles. The highest BCUT2D eigenvalue weighted by Gasteiger charge is 2.17. The van der Waals surface area contributed by atoms with Crippen molar-refractivity contribution in [3.63, 3.8) is 0 Å². The van der Waals surface area contributed by atoms with Crippen LogP contribution in [-0.2, 0) is 6.54 Å². The van der Waals surface area contributed by atoms with E-state index in [0.29, 0.717) is 23.7 Å². The van der Waals surface area contributed by atoms with Crippen molar-refractivity contribution in [2.24, 2.45) is 0 Å². The van der Waals surface area contributed by atoms with Crippen molar-refractivity contribution in [3.05, 3.63) is 72.6 Å². The quantitative estimate of drug-likeness (QED) is 0.511. The number of carbonyl (C=O) groups excluding carboxylic acids is 1. The highest BCUT2D eigenvalue weighted by Crippen LogP contribution is 2.25. The van der Waals surface area contributed by atoms with E-state index in [4.69, 9.17) is 4.74 Å². The Kier molecular flexibility index (Phi) is 4.95. The molecule has 5 rings (SSSR count). The van der Waals surface area contributed by atoms with Crippen LogP contribution in [0.5, 0.6) is 5.75 Å². The van der Waals surface area contributed by atoms with Crippen LogP contribution in [0.15, 0.2) is 61.3 Å². The summed E-state index contributed by atoms with van der Waals surface area (Å²) in [6.07, 6.45) is 9.14. The zero-order valence-corrected chi connectivity index (χ0v) is 17.2. The van der Waals surface area contributed by atoms with E-state index in [1.807, 2.05) is 54.2 Å². The van der Waals surface area contributed by atoms with Crippen LogP contribution in [0.1, 0.15) is 28.9 Å². The van der Waals surface area contributed by atoms with Gasteiger partial charge in [-0.2, -0.15) is 0 Å². The van der Waals surface area contributed by atoms with Crippen LogP contribution in [0.3, 0.4) is 0 Å². The van der Waals surface area contributed by atoms with Crippen LogP contribution in [0.25, 0.3) is 17.2 Å². The normalized spacial score (nSPS) is 14.0. The SMILES string of the molecule is Cc1cn(-c2ccc3c(c2)C(=O)Nc2cccc(n2)-c2nccn2CCCCO3)cn1. The third kappa shape index (κ3) is 3.92. The smallest absolute Gasteiger partial charge is 0.260 e. The van der Waals surface area contributed by atoms with Gasteiger partial charge in [-0.05, 0) is 50.1 Å². The first kappa shape index (κ1) is 19.0. The summed E-state index contributed by atoms with van der Waals surface area (Å²) in [5.74, 6) is 1.52. The number of rotatable bonds is 1. The third-order valence-corrected chi connectivity index (χ3v) is 5.20. The minimum Gasteiger partial charge on any atom is -0.493 e. The van der Waals surface area contributed by atoms with Gasteiger partial charge >= 0.3 is 0 Å².